The first-order valence-electron chi connectivity index (χ1n) is 8.24. The van der Waals surface area contributed by atoms with Gasteiger partial charge in [0.1, 0.15) is 5.82 Å². The standard InChI is InChI=1S/C17H29N3/c1-3-11-20-12-10-19-17(20)14-16(18-4-2)13-15-8-6-5-7-9-15/h8,10,12,16,18H,3-7,9,11,13-14H2,1-2H3. The van der Waals surface area contributed by atoms with Crippen molar-refractivity contribution in [1.29, 1.82) is 0 Å². The number of likely N-dealkylation sites (N-methyl/N-ethyl adjacent to an activating group) is 1. The average Bonchev–Trinajstić information content (AvgIpc) is 2.88. The lowest BCUT2D eigenvalue weighted by Crippen LogP contribution is -2.32. The van der Waals surface area contributed by atoms with E-state index in [1.807, 2.05) is 6.20 Å². The number of hydrogen-bond donors (Lipinski definition) is 1. The molecule has 0 radical (unpaired) electrons. The van der Waals surface area contributed by atoms with Crippen molar-refractivity contribution >= 4 is 0 Å². The highest BCUT2D eigenvalue weighted by Gasteiger charge is 2.15. The molecule has 0 aliphatic heterocycles. The quantitative estimate of drug-likeness (QED) is 0.733. The Morgan fingerprint density at radius 1 is 1.30 bits per heavy atom. The molecular weight excluding hydrogens is 246 g/mol. The van der Waals surface area contributed by atoms with Gasteiger partial charge in [0, 0.05) is 31.4 Å². The molecule has 20 heavy (non-hydrogen) atoms. The van der Waals surface area contributed by atoms with Gasteiger partial charge in [-0.15, -0.1) is 0 Å². The molecule has 112 valence electrons. The van der Waals surface area contributed by atoms with E-state index in [1.54, 1.807) is 5.57 Å². The van der Waals surface area contributed by atoms with Crippen molar-refractivity contribution in [3.05, 3.63) is 29.9 Å². The minimum atomic E-state index is 0.530. The van der Waals surface area contributed by atoms with Crippen LogP contribution >= 0.6 is 0 Å². The minimum absolute atomic E-state index is 0.530. The van der Waals surface area contributed by atoms with Gasteiger partial charge in [-0.2, -0.15) is 0 Å². The van der Waals surface area contributed by atoms with Crippen LogP contribution in [0.1, 0.15) is 58.2 Å². The molecule has 0 fully saturated rings. The first-order valence-corrected chi connectivity index (χ1v) is 8.24. The van der Waals surface area contributed by atoms with Crippen LogP contribution < -0.4 is 5.32 Å². The van der Waals surface area contributed by atoms with Gasteiger partial charge >= 0.3 is 0 Å². The maximum Gasteiger partial charge on any atom is 0.110 e. The maximum absolute atomic E-state index is 4.55. The second kappa shape index (κ2) is 8.25. The van der Waals surface area contributed by atoms with E-state index in [-0.39, 0.29) is 0 Å². The second-order valence-corrected chi connectivity index (χ2v) is 5.81. The molecule has 0 aromatic carbocycles. The number of nitrogens with one attached hydrogen (secondary N) is 1. The summed E-state index contributed by atoms with van der Waals surface area (Å²) in [5, 5.41) is 3.64. The van der Waals surface area contributed by atoms with E-state index >= 15 is 0 Å². The largest absolute Gasteiger partial charge is 0.335 e. The van der Waals surface area contributed by atoms with E-state index in [0.29, 0.717) is 6.04 Å². The molecule has 3 heteroatoms. The topological polar surface area (TPSA) is 29.9 Å². The van der Waals surface area contributed by atoms with E-state index in [1.165, 1.54) is 44.3 Å². The number of hydrogen-bond acceptors (Lipinski definition) is 2. The fraction of sp³-hybridized carbons (Fsp3) is 0.706. The van der Waals surface area contributed by atoms with Crippen LogP contribution in [0.5, 0.6) is 0 Å². The van der Waals surface area contributed by atoms with Gasteiger partial charge in [-0.1, -0.05) is 25.5 Å². The highest BCUT2D eigenvalue weighted by Crippen LogP contribution is 2.22. The molecule has 0 bridgehead atoms. The molecule has 1 atom stereocenters. The van der Waals surface area contributed by atoms with E-state index in [0.717, 1.165) is 19.5 Å². The van der Waals surface area contributed by atoms with Crippen molar-refractivity contribution < 1.29 is 0 Å². The Morgan fingerprint density at radius 3 is 2.90 bits per heavy atom. The number of nitrogens with zero attached hydrogens (tertiary/aromatic N) is 2. The predicted molar refractivity (Wildman–Crippen MR) is 84.9 cm³/mol. The second-order valence-electron chi connectivity index (χ2n) is 5.81. The lowest BCUT2D eigenvalue weighted by Gasteiger charge is -2.21. The molecule has 1 aromatic heterocycles. The van der Waals surface area contributed by atoms with Crippen LogP contribution in [0, 0.1) is 0 Å². The highest BCUT2D eigenvalue weighted by atomic mass is 15.1. The summed E-state index contributed by atoms with van der Waals surface area (Å²) in [5.74, 6) is 1.23. The van der Waals surface area contributed by atoms with Crippen molar-refractivity contribution in [2.24, 2.45) is 0 Å². The van der Waals surface area contributed by atoms with Gasteiger partial charge in [0.05, 0.1) is 0 Å². The van der Waals surface area contributed by atoms with Gasteiger partial charge < -0.3 is 9.88 Å². The summed E-state index contributed by atoms with van der Waals surface area (Å²) >= 11 is 0. The molecule has 1 N–H and O–H groups in total. The highest BCUT2D eigenvalue weighted by molar-refractivity contribution is 5.08. The Balaban J connectivity index is 1.97. The third-order valence-corrected chi connectivity index (χ3v) is 4.08. The zero-order valence-corrected chi connectivity index (χ0v) is 13.1. The maximum atomic E-state index is 4.55. The van der Waals surface area contributed by atoms with Crippen LogP contribution in [0.15, 0.2) is 24.0 Å². The summed E-state index contributed by atoms with van der Waals surface area (Å²) in [7, 11) is 0. The molecule has 0 saturated heterocycles. The fourth-order valence-electron chi connectivity index (χ4n) is 3.11. The average molecular weight is 275 g/mol. The van der Waals surface area contributed by atoms with Crippen LogP contribution in [0.3, 0.4) is 0 Å². The van der Waals surface area contributed by atoms with Crippen molar-refractivity contribution in [2.45, 2.75) is 71.4 Å². The third-order valence-electron chi connectivity index (χ3n) is 4.08. The number of aryl methyl sites for hydroxylation is 1. The summed E-state index contributed by atoms with van der Waals surface area (Å²) in [4.78, 5) is 4.55. The van der Waals surface area contributed by atoms with Crippen LogP contribution in [-0.2, 0) is 13.0 Å². The molecular formula is C17H29N3. The molecule has 0 saturated carbocycles. The zero-order chi connectivity index (χ0) is 14.2. The van der Waals surface area contributed by atoms with E-state index in [9.17, 15) is 0 Å². The molecule has 3 nitrogen and oxygen atoms in total. The molecule has 0 amide bonds. The minimum Gasteiger partial charge on any atom is -0.335 e. The lowest BCUT2D eigenvalue weighted by atomic mass is 9.93. The summed E-state index contributed by atoms with van der Waals surface area (Å²) in [6, 6.07) is 0.530. The molecule has 1 heterocycles. The van der Waals surface area contributed by atoms with E-state index in [4.69, 9.17) is 0 Å². The third kappa shape index (κ3) is 4.48. The Kier molecular flexibility index (Phi) is 6.31. The van der Waals surface area contributed by atoms with Crippen LogP contribution in [-0.4, -0.2) is 22.1 Å². The molecule has 1 aliphatic rings. The van der Waals surface area contributed by atoms with E-state index in [2.05, 4.69) is 41.0 Å². The normalized spacial score (nSPS) is 17.0. The van der Waals surface area contributed by atoms with Crippen LogP contribution in [0.25, 0.3) is 0 Å². The van der Waals surface area contributed by atoms with E-state index < -0.39 is 0 Å². The predicted octanol–water partition coefficient (Wildman–Crippen LogP) is 3.70. The SMILES string of the molecule is CCCn1ccnc1CC(CC1=CCCCC1)NCC. The first kappa shape index (κ1) is 15.3. The Morgan fingerprint density at radius 2 is 2.20 bits per heavy atom. The summed E-state index contributed by atoms with van der Waals surface area (Å²) in [5.41, 5.74) is 1.65. The first-order chi connectivity index (χ1) is 9.83. The van der Waals surface area contributed by atoms with Crippen LogP contribution in [0.2, 0.25) is 0 Å². The van der Waals surface area contributed by atoms with Gasteiger partial charge in [-0.3, -0.25) is 0 Å². The molecule has 0 spiro atoms. The number of aromatic nitrogens is 2. The van der Waals surface area contributed by atoms with Gasteiger partial charge in [0.25, 0.3) is 0 Å². The Labute approximate surface area is 123 Å². The molecule has 1 aliphatic carbocycles. The summed E-state index contributed by atoms with van der Waals surface area (Å²) < 4.78 is 2.31. The number of rotatable bonds is 8. The molecule has 1 aromatic rings. The van der Waals surface area contributed by atoms with Gasteiger partial charge in [0.2, 0.25) is 0 Å². The number of imidazole rings is 1. The molecule has 2 rings (SSSR count). The Bertz CT molecular complexity index is 420. The van der Waals surface area contributed by atoms with Crippen molar-refractivity contribution in [3.8, 4) is 0 Å². The Hall–Kier alpha value is -1.09. The van der Waals surface area contributed by atoms with Gasteiger partial charge in [0.15, 0.2) is 0 Å². The smallest absolute Gasteiger partial charge is 0.110 e. The van der Waals surface area contributed by atoms with Crippen molar-refractivity contribution in [1.82, 2.24) is 14.9 Å². The summed E-state index contributed by atoms with van der Waals surface area (Å²) in [6.45, 7) is 6.53. The van der Waals surface area contributed by atoms with Gasteiger partial charge in [-0.05, 0) is 45.1 Å². The monoisotopic (exact) mass is 275 g/mol. The van der Waals surface area contributed by atoms with Gasteiger partial charge in [-0.25, -0.2) is 4.98 Å². The lowest BCUT2D eigenvalue weighted by molar-refractivity contribution is 0.482. The van der Waals surface area contributed by atoms with Crippen molar-refractivity contribution in [2.75, 3.05) is 6.54 Å². The van der Waals surface area contributed by atoms with Crippen LogP contribution in [0.4, 0.5) is 0 Å². The number of allylic oxidation sites excluding steroid dienone is 1. The van der Waals surface area contributed by atoms with Crippen molar-refractivity contribution in [3.63, 3.8) is 0 Å². The fourth-order valence-corrected chi connectivity index (χ4v) is 3.11. The molecule has 1 unspecified atom stereocenters. The zero-order valence-electron chi connectivity index (χ0n) is 13.1. The summed E-state index contributed by atoms with van der Waals surface area (Å²) in [6.07, 6.45) is 15.2.